The van der Waals surface area contributed by atoms with Crippen molar-refractivity contribution in [2.75, 3.05) is 6.61 Å². The Kier molecular flexibility index (Phi) is 2.21. The number of pyridine rings is 1. The van der Waals surface area contributed by atoms with Crippen LogP contribution >= 0.6 is 0 Å². The Morgan fingerprint density at radius 1 is 1.57 bits per heavy atom. The molecule has 4 heteroatoms. The molecule has 0 saturated carbocycles. The smallest absolute Gasteiger partial charge is 0.173 e. The van der Waals surface area contributed by atoms with E-state index in [0.717, 1.165) is 11.4 Å². The van der Waals surface area contributed by atoms with Gasteiger partial charge in [0.15, 0.2) is 11.5 Å². The van der Waals surface area contributed by atoms with Crippen LogP contribution in [0.2, 0.25) is 0 Å². The van der Waals surface area contributed by atoms with Gasteiger partial charge < -0.3 is 9.51 Å². The number of hydrogen-bond donors (Lipinski definition) is 1. The molecule has 2 rings (SSSR count). The average molecular weight is 194 g/mol. The molecule has 74 valence electrons. The minimum atomic E-state index is -0.334. The molecule has 0 radical (unpaired) electrons. The Balaban J connectivity index is 2.67. The van der Waals surface area contributed by atoms with Crippen molar-refractivity contribution in [1.82, 2.24) is 9.38 Å². The number of aliphatic hydroxyl groups excluding tert-OH is 1. The first-order chi connectivity index (χ1) is 6.74. The number of halogens is 1. The van der Waals surface area contributed by atoms with E-state index in [1.807, 2.05) is 6.92 Å². The SMILES string of the molecule is Cc1c(CCO)nc2c(F)cccn12. The molecule has 0 atom stereocenters. The molecule has 0 fully saturated rings. The summed E-state index contributed by atoms with van der Waals surface area (Å²) in [5.41, 5.74) is 1.96. The van der Waals surface area contributed by atoms with Gasteiger partial charge in [-0.15, -0.1) is 0 Å². The van der Waals surface area contributed by atoms with E-state index in [9.17, 15) is 4.39 Å². The summed E-state index contributed by atoms with van der Waals surface area (Å²) in [6, 6.07) is 3.02. The van der Waals surface area contributed by atoms with Gasteiger partial charge in [-0.2, -0.15) is 0 Å². The quantitative estimate of drug-likeness (QED) is 0.782. The summed E-state index contributed by atoms with van der Waals surface area (Å²) in [7, 11) is 0. The maximum Gasteiger partial charge on any atom is 0.173 e. The van der Waals surface area contributed by atoms with Gasteiger partial charge in [0.1, 0.15) is 0 Å². The summed E-state index contributed by atoms with van der Waals surface area (Å²) in [5, 5.41) is 8.80. The first-order valence-electron chi connectivity index (χ1n) is 4.47. The van der Waals surface area contributed by atoms with Crippen molar-refractivity contribution in [3.05, 3.63) is 35.5 Å². The molecular formula is C10H11FN2O. The minimum absolute atomic E-state index is 0.0341. The van der Waals surface area contributed by atoms with Crippen molar-refractivity contribution in [2.45, 2.75) is 13.3 Å². The van der Waals surface area contributed by atoms with Gasteiger partial charge in [-0.25, -0.2) is 9.37 Å². The lowest BCUT2D eigenvalue weighted by molar-refractivity contribution is 0.298. The minimum Gasteiger partial charge on any atom is -0.396 e. The highest BCUT2D eigenvalue weighted by Crippen LogP contribution is 2.14. The maximum atomic E-state index is 13.3. The van der Waals surface area contributed by atoms with Crippen LogP contribution in [0.1, 0.15) is 11.4 Å². The Morgan fingerprint density at radius 2 is 2.36 bits per heavy atom. The van der Waals surface area contributed by atoms with E-state index in [2.05, 4.69) is 4.98 Å². The van der Waals surface area contributed by atoms with Gasteiger partial charge in [0.05, 0.1) is 5.69 Å². The summed E-state index contributed by atoms with van der Waals surface area (Å²) in [5.74, 6) is -0.334. The normalized spacial score (nSPS) is 11.1. The Bertz CT molecular complexity index is 464. The van der Waals surface area contributed by atoms with Gasteiger partial charge in [-0.05, 0) is 19.1 Å². The number of imidazole rings is 1. The molecule has 1 N–H and O–H groups in total. The van der Waals surface area contributed by atoms with Crippen LogP contribution in [0.4, 0.5) is 4.39 Å². The number of fused-ring (bicyclic) bond motifs is 1. The molecule has 0 aliphatic carbocycles. The molecule has 2 aromatic rings. The first-order valence-corrected chi connectivity index (χ1v) is 4.47. The Labute approximate surface area is 80.8 Å². The molecule has 0 saturated heterocycles. The average Bonchev–Trinajstić information content (AvgIpc) is 2.48. The highest BCUT2D eigenvalue weighted by Gasteiger charge is 2.09. The van der Waals surface area contributed by atoms with Gasteiger partial charge >= 0.3 is 0 Å². The fourth-order valence-electron chi connectivity index (χ4n) is 1.54. The van der Waals surface area contributed by atoms with Crippen LogP contribution in [-0.2, 0) is 6.42 Å². The van der Waals surface area contributed by atoms with E-state index in [1.165, 1.54) is 6.07 Å². The molecule has 0 aliphatic rings. The van der Waals surface area contributed by atoms with Crippen molar-refractivity contribution in [3.63, 3.8) is 0 Å². The zero-order valence-electron chi connectivity index (χ0n) is 7.87. The van der Waals surface area contributed by atoms with Crippen LogP contribution in [0.25, 0.3) is 5.65 Å². The molecule has 0 aromatic carbocycles. The predicted octanol–water partition coefficient (Wildman–Crippen LogP) is 1.32. The standard InChI is InChI=1S/C10H11FN2O/c1-7-9(4-6-14)12-10-8(11)3-2-5-13(7)10/h2-3,5,14H,4,6H2,1H3. The highest BCUT2D eigenvalue weighted by molar-refractivity contribution is 5.44. The summed E-state index contributed by atoms with van der Waals surface area (Å²) >= 11 is 0. The monoisotopic (exact) mass is 194 g/mol. The first kappa shape index (κ1) is 9.15. The van der Waals surface area contributed by atoms with Crippen LogP contribution in [0.5, 0.6) is 0 Å². The molecule has 0 unspecified atom stereocenters. The van der Waals surface area contributed by atoms with Gasteiger partial charge in [-0.3, -0.25) is 0 Å². The zero-order chi connectivity index (χ0) is 10.1. The number of hydrogen-bond acceptors (Lipinski definition) is 2. The largest absolute Gasteiger partial charge is 0.396 e. The summed E-state index contributed by atoms with van der Waals surface area (Å²) in [6.07, 6.45) is 2.23. The van der Waals surface area contributed by atoms with Crippen molar-refractivity contribution in [3.8, 4) is 0 Å². The number of aliphatic hydroxyl groups is 1. The molecule has 2 aromatic heterocycles. The van der Waals surface area contributed by atoms with Crippen LogP contribution < -0.4 is 0 Å². The summed E-state index contributed by atoms with van der Waals surface area (Å²) < 4.78 is 15.0. The molecule has 0 aliphatic heterocycles. The number of nitrogens with zero attached hydrogens (tertiary/aromatic N) is 2. The molecular weight excluding hydrogens is 183 g/mol. The van der Waals surface area contributed by atoms with E-state index < -0.39 is 0 Å². The number of aryl methyl sites for hydroxylation is 1. The van der Waals surface area contributed by atoms with Crippen LogP contribution in [0.3, 0.4) is 0 Å². The maximum absolute atomic E-state index is 13.3. The second-order valence-corrected chi connectivity index (χ2v) is 3.17. The zero-order valence-corrected chi connectivity index (χ0v) is 7.87. The Hall–Kier alpha value is -1.42. The molecule has 2 heterocycles. The van der Waals surface area contributed by atoms with Crippen molar-refractivity contribution in [1.29, 1.82) is 0 Å². The van der Waals surface area contributed by atoms with Crippen LogP contribution in [0.15, 0.2) is 18.3 Å². The van der Waals surface area contributed by atoms with E-state index in [4.69, 9.17) is 5.11 Å². The fourth-order valence-corrected chi connectivity index (χ4v) is 1.54. The molecule has 0 spiro atoms. The van der Waals surface area contributed by atoms with E-state index in [0.29, 0.717) is 12.1 Å². The topological polar surface area (TPSA) is 37.5 Å². The second kappa shape index (κ2) is 3.38. The molecule has 3 nitrogen and oxygen atoms in total. The lowest BCUT2D eigenvalue weighted by Gasteiger charge is -1.96. The lowest BCUT2D eigenvalue weighted by atomic mass is 10.3. The van der Waals surface area contributed by atoms with Gasteiger partial charge in [0.25, 0.3) is 0 Å². The van der Waals surface area contributed by atoms with Crippen LogP contribution in [-0.4, -0.2) is 21.1 Å². The second-order valence-electron chi connectivity index (χ2n) is 3.17. The van der Waals surface area contributed by atoms with E-state index >= 15 is 0 Å². The lowest BCUT2D eigenvalue weighted by Crippen LogP contribution is -1.93. The van der Waals surface area contributed by atoms with Crippen LogP contribution in [0, 0.1) is 12.7 Å². The number of rotatable bonds is 2. The Morgan fingerprint density at radius 3 is 3.00 bits per heavy atom. The predicted molar refractivity (Wildman–Crippen MR) is 50.7 cm³/mol. The summed E-state index contributed by atoms with van der Waals surface area (Å²) in [6.45, 7) is 1.90. The third-order valence-corrected chi connectivity index (χ3v) is 2.29. The highest BCUT2D eigenvalue weighted by atomic mass is 19.1. The van der Waals surface area contributed by atoms with Gasteiger partial charge in [0.2, 0.25) is 0 Å². The molecule has 0 bridgehead atoms. The van der Waals surface area contributed by atoms with Gasteiger partial charge in [0, 0.05) is 24.9 Å². The van der Waals surface area contributed by atoms with Gasteiger partial charge in [-0.1, -0.05) is 0 Å². The third kappa shape index (κ3) is 1.28. The molecule has 0 amide bonds. The van der Waals surface area contributed by atoms with Crippen molar-refractivity contribution in [2.24, 2.45) is 0 Å². The van der Waals surface area contributed by atoms with Crippen molar-refractivity contribution >= 4 is 5.65 Å². The fraction of sp³-hybridized carbons (Fsp3) is 0.300. The number of aromatic nitrogens is 2. The van der Waals surface area contributed by atoms with E-state index in [1.54, 1.807) is 16.7 Å². The van der Waals surface area contributed by atoms with Crippen molar-refractivity contribution < 1.29 is 9.50 Å². The summed E-state index contributed by atoms with van der Waals surface area (Å²) in [4.78, 5) is 4.13. The molecule has 14 heavy (non-hydrogen) atoms. The third-order valence-electron chi connectivity index (χ3n) is 2.29. The van der Waals surface area contributed by atoms with E-state index in [-0.39, 0.29) is 12.4 Å².